The molecule has 7 nitrogen and oxygen atoms in total. The number of carbonyl (C=O) groups excluding carboxylic acids is 4. The van der Waals surface area contributed by atoms with Gasteiger partial charge >= 0.3 is 0 Å². The van der Waals surface area contributed by atoms with Crippen molar-refractivity contribution in [3.8, 4) is 0 Å². The van der Waals surface area contributed by atoms with E-state index in [2.05, 4.69) is 5.32 Å². The second kappa shape index (κ2) is 11.7. The van der Waals surface area contributed by atoms with Crippen LogP contribution in [0.5, 0.6) is 0 Å². The SMILES string of the molecule is CC[C@@H](C)NC(=O)[C@H](C)N(Cc1ccc(Cl)c(Cl)c1)C(=O)CCCN1C(=O)c2ccccc2C1=O. The van der Waals surface area contributed by atoms with E-state index in [0.29, 0.717) is 21.2 Å². The normalized spacial score (nSPS) is 14.5. The molecule has 0 aliphatic carbocycles. The zero-order chi connectivity index (χ0) is 25.7. The number of halogens is 2. The molecular weight excluding hydrogens is 489 g/mol. The molecule has 186 valence electrons. The quantitative estimate of drug-likeness (QED) is 0.462. The van der Waals surface area contributed by atoms with Crippen LogP contribution in [0.25, 0.3) is 0 Å². The third-order valence-corrected chi connectivity index (χ3v) is 6.89. The van der Waals surface area contributed by atoms with Gasteiger partial charge in [-0.1, -0.05) is 48.3 Å². The summed E-state index contributed by atoms with van der Waals surface area (Å²) in [7, 11) is 0. The minimum Gasteiger partial charge on any atom is -0.352 e. The van der Waals surface area contributed by atoms with Gasteiger partial charge in [0.2, 0.25) is 11.8 Å². The fraction of sp³-hybridized carbons (Fsp3) is 0.385. The minimum absolute atomic E-state index is 0.0271. The molecule has 0 saturated heterocycles. The number of amides is 4. The van der Waals surface area contributed by atoms with E-state index in [9.17, 15) is 19.2 Å². The van der Waals surface area contributed by atoms with Crippen molar-refractivity contribution in [1.82, 2.24) is 15.1 Å². The highest BCUT2D eigenvalue weighted by Crippen LogP contribution is 2.25. The van der Waals surface area contributed by atoms with E-state index in [4.69, 9.17) is 23.2 Å². The number of imide groups is 1. The topological polar surface area (TPSA) is 86.8 Å². The van der Waals surface area contributed by atoms with Gasteiger partial charge in [-0.25, -0.2) is 0 Å². The molecule has 35 heavy (non-hydrogen) atoms. The number of nitrogens with zero attached hydrogens (tertiary/aromatic N) is 2. The number of rotatable bonds is 10. The zero-order valence-electron chi connectivity index (χ0n) is 20.0. The molecule has 0 bridgehead atoms. The van der Waals surface area contributed by atoms with Crippen LogP contribution in [0.1, 0.15) is 66.3 Å². The summed E-state index contributed by atoms with van der Waals surface area (Å²) >= 11 is 12.2. The van der Waals surface area contributed by atoms with E-state index in [0.717, 1.165) is 12.0 Å². The Morgan fingerprint density at radius 3 is 2.20 bits per heavy atom. The summed E-state index contributed by atoms with van der Waals surface area (Å²) in [6.45, 7) is 5.83. The van der Waals surface area contributed by atoms with Gasteiger partial charge in [-0.2, -0.15) is 0 Å². The highest BCUT2D eigenvalue weighted by molar-refractivity contribution is 6.42. The fourth-order valence-electron chi connectivity index (χ4n) is 3.86. The Labute approximate surface area is 215 Å². The maximum atomic E-state index is 13.3. The summed E-state index contributed by atoms with van der Waals surface area (Å²) in [6.07, 6.45) is 1.11. The first-order valence-corrected chi connectivity index (χ1v) is 12.4. The van der Waals surface area contributed by atoms with Crippen LogP contribution in [0.15, 0.2) is 42.5 Å². The van der Waals surface area contributed by atoms with Crippen molar-refractivity contribution < 1.29 is 19.2 Å². The molecule has 4 amide bonds. The highest BCUT2D eigenvalue weighted by Gasteiger charge is 2.35. The number of carbonyl (C=O) groups is 4. The smallest absolute Gasteiger partial charge is 0.261 e. The maximum absolute atomic E-state index is 13.3. The van der Waals surface area contributed by atoms with Crippen molar-refractivity contribution in [2.75, 3.05) is 6.54 Å². The van der Waals surface area contributed by atoms with Crippen molar-refractivity contribution in [1.29, 1.82) is 0 Å². The Kier molecular flexibility index (Phi) is 8.92. The van der Waals surface area contributed by atoms with Crippen molar-refractivity contribution in [3.63, 3.8) is 0 Å². The van der Waals surface area contributed by atoms with Gasteiger partial charge in [0.05, 0.1) is 21.2 Å². The van der Waals surface area contributed by atoms with E-state index < -0.39 is 6.04 Å². The van der Waals surface area contributed by atoms with Gasteiger partial charge in [0.1, 0.15) is 6.04 Å². The number of hydrogen-bond acceptors (Lipinski definition) is 4. The molecule has 0 radical (unpaired) electrons. The lowest BCUT2D eigenvalue weighted by molar-refractivity contribution is -0.141. The van der Waals surface area contributed by atoms with Crippen LogP contribution in [-0.2, 0) is 16.1 Å². The van der Waals surface area contributed by atoms with Gasteiger partial charge in [0.15, 0.2) is 0 Å². The molecule has 0 unspecified atom stereocenters. The van der Waals surface area contributed by atoms with Gasteiger partial charge in [-0.15, -0.1) is 0 Å². The molecule has 1 aliphatic heterocycles. The third kappa shape index (κ3) is 6.21. The van der Waals surface area contributed by atoms with E-state index in [-0.39, 0.29) is 55.6 Å². The molecule has 0 aromatic heterocycles. The molecule has 0 spiro atoms. The Hall–Kier alpha value is -2.90. The molecule has 0 saturated carbocycles. The second-order valence-electron chi connectivity index (χ2n) is 8.68. The summed E-state index contributed by atoms with van der Waals surface area (Å²) in [5, 5.41) is 3.68. The van der Waals surface area contributed by atoms with Gasteiger partial charge < -0.3 is 10.2 Å². The van der Waals surface area contributed by atoms with Crippen LogP contribution in [0.4, 0.5) is 0 Å². The third-order valence-electron chi connectivity index (χ3n) is 6.16. The second-order valence-corrected chi connectivity index (χ2v) is 9.49. The lowest BCUT2D eigenvalue weighted by Gasteiger charge is -2.30. The molecule has 0 fully saturated rings. The molecule has 2 aromatic rings. The van der Waals surface area contributed by atoms with E-state index in [1.807, 2.05) is 13.8 Å². The molecule has 9 heteroatoms. The standard InChI is InChI=1S/C26H29Cl2N3O4/c1-4-16(2)29-24(33)17(3)31(15-18-11-12-21(27)22(28)14-18)23(32)10-7-13-30-25(34)19-8-5-6-9-20(19)26(30)35/h5-6,8-9,11-12,14,16-17H,4,7,10,13,15H2,1-3H3,(H,29,33)/t16-,17+/m1/s1. The first-order chi connectivity index (χ1) is 16.6. The van der Waals surface area contributed by atoms with Crippen molar-refractivity contribution >= 4 is 46.8 Å². The molecule has 1 aliphatic rings. The molecule has 2 aromatic carbocycles. The van der Waals surface area contributed by atoms with Crippen molar-refractivity contribution in [2.24, 2.45) is 0 Å². The van der Waals surface area contributed by atoms with Crippen LogP contribution in [0.2, 0.25) is 10.0 Å². The van der Waals surface area contributed by atoms with Crippen molar-refractivity contribution in [3.05, 3.63) is 69.2 Å². The minimum atomic E-state index is -0.731. The number of benzene rings is 2. The maximum Gasteiger partial charge on any atom is 0.261 e. The number of fused-ring (bicyclic) bond motifs is 1. The van der Waals surface area contributed by atoms with Gasteiger partial charge in [0.25, 0.3) is 11.8 Å². The summed E-state index contributed by atoms with van der Waals surface area (Å²) in [5.74, 6) is -1.23. The largest absolute Gasteiger partial charge is 0.352 e. The molecule has 3 rings (SSSR count). The van der Waals surface area contributed by atoms with E-state index in [1.165, 1.54) is 9.80 Å². The lowest BCUT2D eigenvalue weighted by atomic mass is 10.1. The number of hydrogen-bond donors (Lipinski definition) is 1. The van der Waals surface area contributed by atoms with Crippen LogP contribution in [-0.4, -0.2) is 52.1 Å². The van der Waals surface area contributed by atoms with Crippen LogP contribution < -0.4 is 5.32 Å². The molecular formula is C26H29Cl2N3O4. The summed E-state index contributed by atoms with van der Waals surface area (Å²) in [4.78, 5) is 53.9. The average molecular weight is 518 g/mol. The van der Waals surface area contributed by atoms with Crippen molar-refractivity contribution in [2.45, 2.75) is 58.7 Å². The number of nitrogens with one attached hydrogen (secondary N) is 1. The van der Waals surface area contributed by atoms with Gasteiger partial charge in [-0.05, 0) is 56.5 Å². The fourth-order valence-corrected chi connectivity index (χ4v) is 4.18. The Morgan fingerprint density at radius 2 is 1.63 bits per heavy atom. The van der Waals surface area contributed by atoms with Crippen LogP contribution >= 0.6 is 23.2 Å². The Morgan fingerprint density at radius 1 is 1.00 bits per heavy atom. The summed E-state index contributed by atoms with van der Waals surface area (Å²) in [5.41, 5.74) is 1.48. The first kappa shape index (κ1) is 26.7. The first-order valence-electron chi connectivity index (χ1n) is 11.6. The van der Waals surface area contributed by atoms with Crippen LogP contribution in [0.3, 0.4) is 0 Å². The summed E-state index contributed by atoms with van der Waals surface area (Å²) in [6, 6.07) is 11.0. The van der Waals surface area contributed by atoms with E-state index >= 15 is 0 Å². The van der Waals surface area contributed by atoms with Gasteiger partial charge in [0, 0.05) is 25.6 Å². The van der Waals surface area contributed by atoms with E-state index in [1.54, 1.807) is 49.4 Å². The van der Waals surface area contributed by atoms with Gasteiger partial charge in [-0.3, -0.25) is 24.1 Å². The summed E-state index contributed by atoms with van der Waals surface area (Å²) < 4.78 is 0. The highest BCUT2D eigenvalue weighted by atomic mass is 35.5. The Bertz CT molecular complexity index is 1100. The predicted molar refractivity (Wildman–Crippen MR) is 135 cm³/mol. The predicted octanol–water partition coefficient (Wildman–Crippen LogP) is 4.70. The monoisotopic (exact) mass is 517 g/mol. The molecule has 2 atom stereocenters. The average Bonchev–Trinajstić information content (AvgIpc) is 3.09. The lowest BCUT2D eigenvalue weighted by Crippen LogP contribution is -2.49. The molecule has 1 N–H and O–H groups in total. The Balaban J connectivity index is 1.69. The molecule has 1 heterocycles. The van der Waals surface area contributed by atoms with Crippen LogP contribution in [0, 0.1) is 0 Å². The zero-order valence-corrected chi connectivity index (χ0v) is 21.5.